The molecule has 1 fully saturated rings. The normalized spacial score (nSPS) is 25.8. The van der Waals surface area contributed by atoms with Crippen LogP contribution in [0.5, 0.6) is 0 Å². The second kappa shape index (κ2) is 14.0. The number of carboxylic acid groups (broad SMARTS) is 1. The Hall–Kier alpha value is -1.14. The summed E-state index contributed by atoms with van der Waals surface area (Å²) >= 11 is 0. The third-order valence-corrected chi connectivity index (χ3v) is 6.89. The Morgan fingerprint density at radius 3 is 2.43 bits per heavy atom. The lowest BCUT2D eigenvalue weighted by atomic mass is 9.69. The molecule has 0 saturated heterocycles. The first-order chi connectivity index (χ1) is 14.3. The minimum atomic E-state index is -0.903. The van der Waals surface area contributed by atoms with Gasteiger partial charge in [0.15, 0.2) is 0 Å². The van der Waals surface area contributed by atoms with Gasteiger partial charge in [-0.1, -0.05) is 39.5 Å². The fraction of sp³-hybridized carbons (Fsp3) is 0.917. The van der Waals surface area contributed by atoms with E-state index in [1.54, 1.807) is 6.92 Å². The van der Waals surface area contributed by atoms with E-state index in [0.717, 1.165) is 51.4 Å². The Morgan fingerprint density at radius 2 is 1.80 bits per heavy atom. The van der Waals surface area contributed by atoms with E-state index in [-0.39, 0.29) is 36.9 Å². The number of aliphatic hydroxyl groups excluding tert-OH is 2. The van der Waals surface area contributed by atoms with Crippen molar-refractivity contribution in [2.45, 2.75) is 116 Å². The number of carbonyl (C=O) groups is 2. The maximum absolute atomic E-state index is 13.0. The van der Waals surface area contributed by atoms with Gasteiger partial charge in [0.25, 0.3) is 0 Å². The second-order valence-corrected chi connectivity index (χ2v) is 9.21. The van der Waals surface area contributed by atoms with Gasteiger partial charge in [0, 0.05) is 6.42 Å². The summed E-state index contributed by atoms with van der Waals surface area (Å²) in [5.41, 5.74) is -0.903. The van der Waals surface area contributed by atoms with E-state index >= 15 is 0 Å². The molecule has 6 heteroatoms. The van der Waals surface area contributed by atoms with Crippen molar-refractivity contribution in [2.75, 3.05) is 6.61 Å². The maximum Gasteiger partial charge on any atom is 0.314 e. The molecule has 0 aromatic heterocycles. The number of aliphatic carboxylic acids is 1. The monoisotopic (exact) mass is 428 g/mol. The van der Waals surface area contributed by atoms with Gasteiger partial charge < -0.3 is 20.1 Å². The van der Waals surface area contributed by atoms with Gasteiger partial charge in [0.1, 0.15) is 0 Å². The van der Waals surface area contributed by atoms with Crippen LogP contribution in [-0.4, -0.2) is 46.1 Å². The molecular formula is C24H44O6. The van der Waals surface area contributed by atoms with Crippen LogP contribution in [0.2, 0.25) is 0 Å². The average Bonchev–Trinajstić information content (AvgIpc) is 3.01. The molecule has 1 aliphatic rings. The highest BCUT2D eigenvalue weighted by Crippen LogP contribution is 2.51. The summed E-state index contributed by atoms with van der Waals surface area (Å²) in [6.45, 7) is 6.29. The molecule has 176 valence electrons. The maximum atomic E-state index is 13.0. The molecule has 0 amide bonds. The predicted molar refractivity (Wildman–Crippen MR) is 117 cm³/mol. The van der Waals surface area contributed by atoms with Crippen LogP contribution < -0.4 is 0 Å². The van der Waals surface area contributed by atoms with Gasteiger partial charge in [-0.25, -0.2) is 0 Å². The highest BCUT2D eigenvalue weighted by molar-refractivity contribution is 5.78. The van der Waals surface area contributed by atoms with Crippen molar-refractivity contribution < 1.29 is 29.6 Å². The number of carboxylic acids is 1. The van der Waals surface area contributed by atoms with Gasteiger partial charge in [-0.15, -0.1) is 0 Å². The van der Waals surface area contributed by atoms with Crippen molar-refractivity contribution in [3.63, 3.8) is 0 Å². The van der Waals surface area contributed by atoms with Crippen molar-refractivity contribution in [3.05, 3.63) is 0 Å². The van der Waals surface area contributed by atoms with Crippen LogP contribution in [0.4, 0.5) is 0 Å². The largest absolute Gasteiger partial charge is 0.481 e. The lowest BCUT2D eigenvalue weighted by molar-refractivity contribution is -0.166. The van der Waals surface area contributed by atoms with Crippen molar-refractivity contribution in [3.8, 4) is 0 Å². The number of esters is 1. The Labute approximate surface area is 182 Å². The summed E-state index contributed by atoms with van der Waals surface area (Å²) in [5.74, 6) is -0.797. The van der Waals surface area contributed by atoms with Crippen LogP contribution in [0.1, 0.15) is 104 Å². The molecule has 6 nitrogen and oxygen atoms in total. The lowest BCUT2D eigenvalue weighted by Crippen LogP contribution is -2.45. The van der Waals surface area contributed by atoms with Gasteiger partial charge in [-0.3, -0.25) is 9.59 Å². The second-order valence-electron chi connectivity index (χ2n) is 9.21. The standard InChI is InChI=1S/C24H44O6/c1-4-6-7-10-20(25)14-12-19-13-15-21(26)24(19,23(29)30-5-2)17-16-18(3)9-8-11-22(27)28/h18-21,25-26H,4-17H2,1-3H3,(H,27,28). The molecule has 0 aromatic carbocycles. The van der Waals surface area contributed by atoms with Crippen LogP contribution in [0.15, 0.2) is 0 Å². The van der Waals surface area contributed by atoms with Gasteiger partial charge in [0.2, 0.25) is 0 Å². The topological polar surface area (TPSA) is 104 Å². The summed E-state index contributed by atoms with van der Waals surface area (Å²) in [5, 5.41) is 30.0. The summed E-state index contributed by atoms with van der Waals surface area (Å²) in [4.78, 5) is 23.8. The quantitative estimate of drug-likeness (QED) is 0.243. The van der Waals surface area contributed by atoms with Crippen LogP contribution in [0.25, 0.3) is 0 Å². The van der Waals surface area contributed by atoms with Crippen LogP contribution in [0.3, 0.4) is 0 Å². The Bertz CT molecular complexity index is 508. The first kappa shape index (κ1) is 26.9. The third kappa shape index (κ3) is 8.18. The average molecular weight is 429 g/mol. The summed E-state index contributed by atoms with van der Waals surface area (Å²) in [6.07, 6.45) is 8.58. The predicted octanol–water partition coefficient (Wildman–Crippen LogP) is 4.70. The zero-order valence-corrected chi connectivity index (χ0v) is 19.3. The molecule has 0 radical (unpaired) electrons. The third-order valence-electron chi connectivity index (χ3n) is 6.89. The zero-order chi connectivity index (χ0) is 22.6. The van der Waals surface area contributed by atoms with Gasteiger partial charge in [-0.05, 0) is 70.1 Å². The number of aliphatic hydroxyl groups is 2. The number of unbranched alkanes of at least 4 members (excludes halogenated alkanes) is 2. The molecular weight excluding hydrogens is 384 g/mol. The fourth-order valence-electron chi connectivity index (χ4n) is 4.99. The number of hydrogen-bond donors (Lipinski definition) is 3. The van der Waals surface area contributed by atoms with Crippen molar-refractivity contribution in [1.29, 1.82) is 0 Å². The summed E-state index contributed by atoms with van der Waals surface area (Å²) < 4.78 is 5.42. The molecule has 1 aliphatic carbocycles. The Balaban J connectivity index is 2.77. The lowest BCUT2D eigenvalue weighted by Gasteiger charge is -2.37. The highest BCUT2D eigenvalue weighted by Gasteiger charge is 2.55. The van der Waals surface area contributed by atoms with Crippen LogP contribution in [-0.2, 0) is 14.3 Å². The SMILES string of the molecule is CCCCCC(O)CCC1CCC(O)C1(CCC(C)CCCC(=O)O)C(=O)OCC. The first-order valence-electron chi connectivity index (χ1n) is 12.0. The number of rotatable bonds is 16. The highest BCUT2D eigenvalue weighted by atomic mass is 16.5. The van der Waals surface area contributed by atoms with Crippen molar-refractivity contribution in [2.24, 2.45) is 17.3 Å². The number of carbonyl (C=O) groups excluding carboxylic acids is 1. The molecule has 5 atom stereocenters. The molecule has 1 saturated carbocycles. The molecule has 5 unspecified atom stereocenters. The smallest absolute Gasteiger partial charge is 0.314 e. The molecule has 0 aromatic rings. The van der Waals surface area contributed by atoms with E-state index in [1.165, 1.54) is 0 Å². The number of ether oxygens (including phenoxy) is 1. The van der Waals surface area contributed by atoms with Gasteiger partial charge >= 0.3 is 11.9 Å². The van der Waals surface area contributed by atoms with E-state index < -0.39 is 17.5 Å². The molecule has 0 spiro atoms. The molecule has 3 N–H and O–H groups in total. The van der Waals surface area contributed by atoms with Gasteiger partial charge in [-0.2, -0.15) is 0 Å². The zero-order valence-electron chi connectivity index (χ0n) is 19.3. The molecule has 0 heterocycles. The Morgan fingerprint density at radius 1 is 1.07 bits per heavy atom. The van der Waals surface area contributed by atoms with E-state index in [1.807, 2.05) is 0 Å². The van der Waals surface area contributed by atoms with Crippen LogP contribution >= 0.6 is 0 Å². The van der Waals surface area contributed by atoms with Crippen LogP contribution in [0, 0.1) is 17.3 Å². The minimum Gasteiger partial charge on any atom is -0.481 e. The molecule has 0 aliphatic heterocycles. The van der Waals surface area contributed by atoms with Gasteiger partial charge in [0.05, 0.1) is 24.2 Å². The number of hydrogen-bond acceptors (Lipinski definition) is 5. The summed E-state index contributed by atoms with van der Waals surface area (Å²) in [7, 11) is 0. The van der Waals surface area contributed by atoms with E-state index in [0.29, 0.717) is 25.7 Å². The summed E-state index contributed by atoms with van der Waals surface area (Å²) in [6, 6.07) is 0. The van der Waals surface area contributed by atoms with E-state index in [9.17, 15) is 19.8 Å². The molecule has 1 rings (SSSR count). The Kier molecular flexibility index (Phi) is 12.6. The minimum absolute atomic E-state index is 0.0126. The molecule has 0 bridgehead atoms. The first-order valence-corrected chi connectivity index (χ1v) is 12.0. The van der Waals surface area contributed by atoms with E-state index in [2.05, 4.69) is 13.8 Å². The fourth-order valence-corrected chi connectivity index (χ4v) is 4.99. The van der Waals surface area contributed by atoms with Crippen molar-refractivity contribution >= 4 is 11.9 Å². The van der Waals surface area contributed by atoms with E-state index in [4.69, 9.17) is 9.84 Å². The molecule has 30 heavy (non-hydrogen) atoms. The van der Waals surface area contributed by atoms with Crippen molar-refractivity contribution in [1.82, 2.24) is 0 Å².